The Bertz CT molecular complexity index is 748. The Kier molecular flexibility index (Phi) is 8.09. The summed E-state index contributed by atoms with van der Waals surface area (Å²) in [6.07, 6.45) is 7.95. The fourth-order valence-electron chi connectivity index (χ4n) is 4.12. The second-order valence-corrected chi connectivity index (χ2v) is 10.4. The number of benzene rings is 1. The van der Waals surface area contributed by atoms with E-state index in [0.29, 0.717) is 31.1 Å². The Morgan fingerprint density at radius 1 is 1.00 bits per heavy atom. The van der Waals surface area contributed by atoms with Crippen molar-refractivity contribution in [2.45, 2.75) is 56.8 Å². The van der Waals surface area contributed by atoms with E-state index in [1.54, 1.807) is 28.6 Å². The highest BCUT2D eigenvalue weighted by molar-refractivity contribution is 7.89. The van der Waals surface area contributed by atoms with Crippen LogP contribution in [0.15, 0.2) is 29.2 Å². The Balaban J connectivity index is 1.47. The first-order chi connectivity index (χ1) is 14.0. The maximum absolute atomic E-state index is 12.8. The zero-order chi connectivity index (χ0) is 20.7. The van der Waals surface area contributed by atoms with Crippen LogP contribution in [0.4, 0.5) is 0 Å². The van der Waals surface area contributed by atoms with Crippen molar-refractivity contribution in [1.82, 2.24) is 14.5 Å². The van der Waals surface area contributed by atoms with Gasteiger partial charge < -0.3 is 10.2 Å². The Morgan fingerprint density at radius 3 is 2.24 bits per heavy atom. The monoisotopic (exact) mass is 421 g/mol. The number of likely N-dealkylation sites (tertiary alicyclic amines) is 1. The Labute approximate surface area is 175 Å². The lowest BCUT2D eigenvalue weighted by Crippen LogP contribution is -2.37. The molecule has 1 amide bonds. The van der Waals surface area contributed by atoms with E-state index in [9.17, 15) is 13.2 Å². The van der Waals surface area contributed by atoms with Gasteiger partial charge in [-0.2, -0.15) is 4.31 Å². The molecule has 0 spiro atoms. The van der Waals surface area contributed by atoms with E-state index in [1.807, 2.05) is 0 Å². The van der Waals surface area contributed by atoms with Gasteiger partial charge in [0.1, 0.15) is 0 Å². The fourth-order valence-corrected chi connectivity index (χ4v) is 5.59. The van der Waals surface area contributed by atoms with E-state index in [0.717, 1.165) is 25.8 Å². The molecule has 29 heavy (non-hydrogen) atoms. The van der Waals surface area contributed by atoms with Crippen LogP contribution in [0.25, 0.3) is 0 Å². The lowest BCUT2D eigenvalue weighted by Gasteiger charge is -2.29. The van der Waals surface area contributed by atoms with Gasteiger partial charge in [-0.3, -0.25) is 4.79 Å². The first-order valence-corrected chi connectivity index (χ1v) is 12.5. The van der Waals surface area contributed by atoms with Gasteiger partial charge in [-0.1, -0.05) is 19.8 Å². The Morgan fingerprint density at radius 2 is 1.62 bits per heavy atom. The van der Waals surface area contributed by atoms with Gasteiger partial charge in [-0.25, -0.2) is 8.42 Å². The molecule has 6 nitrogen and oxygen atoms in total. The van der Waals surface area contributed by atoms with E-state index in [1.165, 1.54) is 38.8 Å². The highest BCUT2D eigenvalue weighted by atomic mass is 32.2. The van der Waals surface area contributed by atoms with Crippen LogP contribution in [0.2, 0.25) is 0 Å². The molecule has 162 valence electrons. The van der Waals surface area contributed by atoms with Crippen LogP contribution in [0.3, 0.4) is 0 Å². The summed E-state index contributed by atoms with van der Waals surface area (Å²) >= 11 is 0. The highest BCUT2D eigenvalue weighted by Crippen LogP contribution is 2.23. The molecule has 1 aromatic rings. The van der Waals surface area contributed by atoms with Crippen molar-refractivity contribution in [3.8, 4) is 0 Å². The van der Waals surface area contributed by atoms with Crippen molar-refractivity contribution in [3.05, 3.63) is 29.8 Å². The average Bonchev–Trinajstić information content (AvgIpc) is 3.00. The van der Waals surface area contributed by atoms with Crippen molar-refractivity contribution in [3.63, 3.8) is 0 Å². The third-order valence-electron chi connectivity index (χ3n) is 6.13. The topological polar surface area (TPSA) is 69.7 Å². The molecule has 0 aliphatic carbocycles. The average molecular weight is 422 g/mol. The molecule has 0 bridgehead atoms. The number of hydrogen-bond acceptors (Lipinski definition) is 4. The van der Waals surface area contributed by atoms with Crippen molar-refractivity contribution < 1.29 is 13.2 Å². The van der Waals surface area contributed by atoms with Crippen molar-refractivity contribution in [2.75, 3.05) is 39.3 Å². The lowest BCUT2D eigenvalue weighted by molar-refractivity contribution is 0.0951. The van der Waals surface area contributed by atoms with E-state index in [2.05, 4.69) is 17.1 Å². The predicted molar refractivity (Wildman–Crippen MR) is 115 cm³/mol. The fraction of sp³-hybridized carbons (Fsp3) is 0.682. The summed E-state index contributed by atoms with van der Waals surface area (Å²) in [5.74, 6) is 0.434. The predicted octanol–water partition coefficient (Wildman–Crippen LogP) is 3.10. The van der Waals surface area contributed by atoms with Crippen LogP contribution in [-0.4, -0.2) is 62.8 Å². The maximum atomic E-state index is 12.8. The SMILES string of the molecule is CC1CCN(S(=O)(=O)c2ccc(C(=O)NCCCN3CCCCCC3)cc2)CC1. The van der Waals surface area contributed by atoms with Crippen molar-refractivity contribution >= 4 is 15.9 Å². The molecule has 0 radical (unpaired) electrons. The number of rotatable bonds is 7. The highest BCUT2D eigenvalue weighted by Gasteiger charge is 2.28. The normalized spacial score (nSPS) is 20.3. The molecular formula is C22H35N3O3S. The summed E-state index contributed by atoms with van der Waals surface area (Å²) in [7, 11) is -3.47. The quantitative estimate of drug-likeness (QED) is 0.687. The van der Waals surface area contributed by atoms with Crippen molar-refractivity contribution in [1.29, 1.82) is 0 Å². The van der Waals surface area contributed by atoms with Crippen LogP contribution in [0, 0.1) is 5.92 Å². The molecule has 2 fully saturated rings. The maximum Gasteiger partial charge on any atom is 0.251 e. The van der Waals surface area contributed by atoms with E-state index in [-0.39, 0.29) is 10.8 Å². The van der Waals surface area contributed by atoms with Crippen molar-refractivity contribution in [2.24, 2.45) is 5.92 Å². The molecule has 3 rings (SSSR count). The largest absolute Gasteiger partial charge is 0.352 e. The second kappa shape index (κ2) is 10.5. The summed E-state index contributed by atoms with van der Waals surface area (Å²) in [6, 6.07) is 6.34. The van der Waals surface area contributed by atoms with Gasteiger partial charge in [-0.05, 0) is 81.9 Å². The van der Waals surface area contributed by atoms with Crippen LogP contribution < -0.4 is 5.32 Å². The van der Waals surface area contributed by atoms with Gasteiger partial charge in [0.25, 0.3) is 5.91 Å². The number of piperidine rings is 1. The van der Waals surface area contributed by atoms with Gasteiger partial charge in [0.15, 0.2) is 0 Å². The molecule has 1 aromatic carbocycles. The van der Waals surface area contributed by atoms with Gasteiger partial charge in [0.2, 0.25) is 10.0 Å². The van der Waals surface area contributed by atoms with Crippen LogP contribution in [-0.2, 0) is 10.0 Å². The smallest absolute Gasteiger partial charge is 0.251 e. The van der Waals surface area contributed by atoms with Crippen LogP contribution >= 0.6 is 0 Å². The molecule has 0 saturated carbocycles. The van der Waals surface area contributed by atoms with Gasteiger partial charge >= 0.3 is 0 Å². The summed E-state index contributed by atoms with van der Waals surface area (Å²) in [5, 5.41) is 2.96. The number of sulfonamides is 1. The molecule has 2 aliphatic rings. The minimum Gasteiger partial charge on any atom is -0.352 e. The van der Waals surface area contributed by atoms with Crippen LogP contribution in [0.5, 0.6) is 0 Å². The summed E-state index contributed by atoms with van der Waals surface area (Å²) in [4.78, 5) is 15.1. The number of hydrogen-bond donors (Lipinski definition) is 1. The van der Waals surface area contributed by atoms with Crippen LogP contribution in [0.1, 0.15) is 62.2 Å². The van der Waals surface area contributed by atoms with Gasteiger partial charge in [0, 0.05) is 25.2 Å². The molecule has 7 heteroatoms. The third kappa shape index (κ3) is 6.27. The minimum atomic E-state index is -3.47. The molecule has 0 atom stereocenters. The number of nitrogens with zero attached hydrogens (tertiary/aromatic N) is 2. The molecule has 2 aliphatic heterocycles. The number of amides is 1. The number of carbonyl (C=O) groups is 1. The molecule has 2 heterocycles. The molecule has 0 unspecified atom stereocenters. The zero-order valence-corrected chi connectivity index (χ0v) is 18.4. The number of nitrogens with one attached hydrogen (secondary N) is 1. The summed E-state index contributed by atoms with van der Waals surface area (Å²) in [6.45, 7) is 7.30. The number of carbonyl (C=O) groups excluding carboxylic acids is 1. The zero-order valence-electron chi connectivity index (χ0n) is 17.6. The first kappa shape index (κ1) is 22.2. The minimum absolute atomic E-state index is 0.142. The Hall–Kier alpha value is -1.44. The lowest BCUT2D eigenvalue weighted by atomic mass is 10.0. The first-order valence-electron chi connectivity index (χ1n) is 11.1. The molecular weight excluding hydrogens is 386 g/mol. The van der Waals surface area contributed by atoms with E-state index >= 15 is 0 Å². The van der Waals surface area contributed by atoms with Gasteiger partial charge in [-0.15, -0.1) is 0 Å². The molecule has 1 N–H and O–H groups in total. The van der Waals surface area contributed by atoms with Gasteiger partial charge in [0.05, 0.1) is 4.90 Å². The molecule has 0 aromatic heterocycles. The van der Waals surface area contributed by atoms with E-state index < -0.39 is 10.0 Å². The molecule has 2 saturated heterocycles. The summed E-state index contributed by atoms with van der Waals surface area (Å²) in [5.41, 5.74) is 0.506. The standard InChI is InChI=1S/C22H35N3O3S/c1-19-11-17-25(18-12-19)29(27,28)21-9-7-20(8-10-21)22(26)23-13-6-16-24-14-4-2-3-5-15-24/h7-10,19H,2-6,11-18H2,1H3,(H,23,26). The summed E-state index contributed by atoms with van der Waals surface area (Å²) < 4.78 is 27.1. The second-order valence-electron chi connectivity index (χ2n) is 8.48. The van der Waals surface area contributed by atoms with E-state index in [4.69, 9.17) is 0 Å². The third-order valence-corrected chi connectivity index (χ3v) is 8.05.